The van der Waals surface area contributed by atoms with E-state index < -0.39 is 21.6 Å². The van der Waals surface area contributed by atoms with Gasteiger partial charge in [-0.2, -0.15) is 0 Å². The van der Waals surface area contributed by atoms with Gasteiger partial charge in [0.1, 0.15) is 5.82 Å². The topological polar surface area (TPSA) is 46.2 Å². The van der Waals surface area contributed by atoms with Crippen molar-refractivity contribution in [1.29, 1.82) is 0 Å². The smallest absolute Gasteiger partial charge is 0.212 e. The molecule has 118 valence electrons. The molecular formula is C16H17ClFNO2S. The Bertz CT molecular complexity index is 715. The molecule has 1 atom stereocenters. The molecule has 0 amide bonds. The van der Waals surface area contributed by atoms with Crippen LogP contribution in [0.5, 0.6) is 0 Å². The van der Waals surface area contributed by atoms with Crippen molar-refractivity contribution in [2.24, 2.45) is 0 Å². The second-order valence-corrected chi connectivity index (χ2v) is 7.11. The van der Waals surface area contributed by atoms with Crippen LogP contribution in [0.2, 0.25) is 5.02 Å². The molecule has 0 spiro atoms. The van der Waals surface area contributed by atoms with Gasteiger partial charge in [-0.3, -0.25) is 0 Å². The largest absolute Gasteiger partial charge is 0.216 e. The molecule has 0 radical (unpaired) electrons. The van der Waals surface area contributed by atoms with Gasteiger partial charge in [-0.05, 0) is 24.1 Å². The average Bonchev–Trinajstić information content (AvgIpc) is 2.50. The predicted octanol–water partition coefficient (Wildman–Crippen LogP) is 4.05. The van der Waals surface area contributed by atoms with E-state index in [9.17, 15) is 12.8 Å². The van der Waals surface area contributed by atoms with Gasteiger partial charge in [-0.15, -0.1) is 0 Å². The summed E-state index contributed by atoms with van der Waals surface area (Å²) in [7, 11) is -3.71. The van der Waals surface area contributed by atoms with Crippen LogP contribution in [0.4, 0.5) is 4.39 Å². The lowest BCUT2D eigenvalue weighted by molar-refractivity contribution is 0.546. The third kappa shape index (κ3) is 4.29. The normalized spacial score (nSPS) is 13.0. The van der Waals surface area contributed by atoms with Gasteiger partial charge in [0.15, 0.2) is 0 Å². The highest BCUT2D eigenvalue weighted by atomic mass is 35.5. The van der Waals surface area contributed by atoms with E-state index in [1.807, 2.05) is 37.3 Å². The Hall–Kier alpha value is -1.43. The molecule has 0 bridgehead atoms. The highest BCUT2D eigenvalue weighted by molar-refractivity contribution is 7.88. The summed E-state index contributed by atoms with van der Waals surface area (Å²) in [6.45, 7) is 1.89. The maximum atomic E-state index is 13.7. The lowest BCUT2D eigenvalue weighted by Gasteiger charge is -2.18. The summed E-state index contributed by atoms with van der Waals surface area (Å²) < 4.78 is 41.0. The quantitative estimate of drug-likeness (QED) is 0.861. The molecule has 0 saturated heterocycles. The summed E-state index contributed by atoms with van der Waals surface area (Å²) in [5.41, 5.74) is 0.854. The SMILES string of the molecule is CC[C@H](NS(=O)(=O)Cc1c(F)cccc1Cl)c1ccccc1. The molecule has 2 aromatic rings. The predicted molar refractivity (Wildman–Crippen MR) is 86.6 cm³/mol. The van der Waals surface area contributed by atoms with Gasteiger partial charge in [0.05, 0.1) is 5.75 Å². The van der Waals surface area contributed by atoms with Gasteiger partial charge in [0, 0.05) is 16.6 Å². The van der Waals surface area contributed by atoms with Crippen LogP contribution in [0.3, 0.4) is 0 Å². The number of halogens is 2. The molecule has 0 heterocycles. The molecule has 0 unspecified atom stereocenters. The van der Waals surface area contributed by atoms with Gasteiger partial charge in [-0.25, -0.2) is 17.5 Å². The summed E-state index contributed by atoms with van der Waals surface area (Å²) in [6.07, 6.45) is 0.592. The Balaban J connectivity index is 2.20. The van der Waals surface area contributed by atoms with Crippen molar-refractivity contribution in [3.05, 3.63) is 70.5 Å². The van der Waals surface area contributed by atoms with Gasteiger partial charge < -0.3 is 0 Å². The molecule has 0 aliphatic rings. The molecule has 1 N–H and O–H groups in total. The van der Waals surface area contributed by atoms with E-state index >= 15 is 0 Å². The van der Waals surface area contributed by atoms with Crippen LogP contribution in [0.15, 0.2) is 48.5 Å². The Kier molecular flexibility index (Phi) is 5.56. The van der Waals surface area contributed by atoms with E-state index in [1.165, 1.54) is 18.2 Å². The first-order valence-electron chi connectivity index (χ1n) is 6.91. The van der Waals surface area contributed by atoms with Crippen LogP contribution in [0, 0.1) is 5.82 Å². The maximum absolute atomic E-state index is 13.7. The van der Waals surface area contributed by atoms with Gasteiger partial charge in [-0.1, -0.05) is 54.9 Å². The van der Waals surface area contributed by atoms with Crippen LogP contribution in [-0.4, -0.2) is 8.42 Å². The number of hydrogen-bond donors (Lipinski definition) is 1. The maximum Gasteiger partial charge on any atom is 0.216 e. The first-order chi connectivity index (χ1) is 10.4. The van der Waals surface area contributed by atoms with Gasteiger partial charge in [0.25, 0.3) is 0 Å². The van der Waals surface area contributed by atoms with Crippen LogP contribution in [0.1, 0.15) is 30.5 Å². The third-order valence-electron chi connectivity index (χ3n) is 3.33. The lowest BCUT2D eigenvalue weighted by atomic mass is 10.1. The zero-order valence-electron chi connectivity index (χ0n) is 12.1. The minimum atomic E-state index is -3.71. The molecule has 2 rings (SSSR count). The summed E-state index contributed by atoms with van der Waals surface area (Å²) in [5, 5.41) is 0.109. The molecule has 0 aromatic heterocycles. The van der Waals surface area contributed by atoms with Crippen molar-refractivity contribution in [3.8, 4) is 0 Å². The number of sulfonamides is 1. The van der Waals surface area contributed by atoms with E-state index in [0.717, 1.165) is 5.56 Å². The molecule has 22 heavy (non-hydrogen) atoms. The standard InChI is InChI=1S/C16H17ClFNO2S/c1-2-16(12-7-4-3-5-8-12)19-22(20,21)11-13-14(17)9-6-10-15(13)18/h3-10,16,19H,2,11H2,1H3/t16-/m0/s1. The minimum absolute atomic E-state index is 0.0143. The second kappa shape index (κ2) is 7.22. The monoisotopic (exact) mass is 341 g/mol. The minimum Gasteiger partial charge on any atom is -0.212 e. The Morgan fingerprint density at radius 3 is 2.41 bits per heavy atom. The highest BCUT2D eigenvalue weighted by Crippen LogP contribution is 2.23. The fourth-order valence-electron chi connectivity index (χ4n) is 2.19. The lowest BCUT2D eigenvalue weighted by Crippen LogP contribution is -2.29. The van der Waals surface area contributed by atoms with Crippen LogP contribution in [-0.2, 0) is 15.8 Å². The molecule has 0 saturated carbocycles. The summed E-state index contributed by atoms with van der Waals surface area (Å²) in [4.78, 5) is 0. The van der Waals surface area contributed by atoms with Crippen LogP contribution < -0.4 is 4.72 Å². The molecule has 6 heteroatoms. The van der Waals surface area contributed by atoms with Gasteiger partial charge >= 0.3 is 0 Å². The van der Waals surface area contributed by atoms with Crippen molar-refractivity contribution < 1.29 is 12.8 Å². The average molecular weight is 342 g/mol. The molecular weight excluding hydrogens is 325 g/mol. The molecule has 0 fully saturated rings. The third-order valence-corrected chi connectivity index (χ3v) is 4.99. The van der Waals surface area contributed by atoms with E-state index in [1.54, 1.807) is 0 Å². The van der Waals surface area contributed by atoms with Crippen molar-refractivity contribution >= 4 is 21.6 Å². The van der Waals surface area contributed by atoms with Crippen molar-refractivity contribution in [3.63, 3.8) is 0 Å². The summed E-state index contributed by atoms with van der Waals surface area (Å²) in [5.74, 6) is -1.10. The number of rotatable bonds is 6. The zero-order valence-corrected chi connectivity index (χ0v) is 13.7. The van der Waals surface area contributed by atoms with E-state index in [4.69, 9.17) is 11.6 Å². The fraction of sp³-hybridized carbons (Fsp3) is 0.250. The number of nitrogens with one attached hydrogen (secondary N) is 1. The van der Waals surface area contributed by atoms with Crippen molar-refractivity contribution in [2.45, 2.75) is 25.1 Å². The Morgan fingerprint density at radius 2 is 1.82 bits per heavy atom. The Labute approximate surface area is 135 Å². The van der Waals surface area contributed by atoms with E-state index in [0.29, 0.717) is 6.42 Å². The summed E-state index contributed by atoms with van der Waals surface area (Å²) >= 11 is 5.89. The van der Waals surface area contributed by atoms with Crippen molar-refractivity contribution in [2.75, 3.05) is 0 Å². The number of hydrogen-bond acceptors (Lipinski definition) is 2. The molecule has 0 aliphatic heterocycles. The van der Waals surface area contributed by atoms with Gasteiger partial charge in [0.2, 0.25) is 10.0 Å². The number of benzene rings is 2. The fourth-order valence-corrected chi connectivity index (χ4v) is 3.99. The highest BCUT2D eigenvalue weighted by Gasteiger charge is 2.21. The van der Waals surface area contributed by atoms with Crippen LogP contribution in [0.25, 0.3) is 0 Å². The van der Waals surface area contributed by atoms with Crippen molar-refractivity contribution in [1.82, 2.24) is 4.72 Å². The summed E-state index contributed by atoms with van der Waals surface area (Å²) in [6, 6.07) is 13.0. The second-order valence-electron chi connectivity index (χ2n) is 4.95. The van der Waals surface area contributed by atoms with E-state index in [2.05, 4.69) is 4.72 Å². The first-order valence-corrected chi connectivity index (χ1v) is 8.94. The Morgan fingerprint density at radius 1 is 1.14 bits per heavy atom. The molecule has 2 aromatic carbocycles. The van der Waals surface area contributed by atoms with Crippen LogP contribution >= 0.6 is 11.6 Å². The zero-order chi connectivity index (χ0) is 16.2. The molecule has 0 aliphatic carbocycles. The first kappa shape index (κ1) is 16.9. The molecule has 3 nitrogen and oxygen atoms in total. The van der Waals surface area contributed by atoms with E-state index in [-0.39, 0.29) is 16.6 Å².